The van der Waals surface area contributed by atoms with Crippen LogP contribution in [0.25, 0.3) is 0 Å². The van der Waals surface area contributed by atoms with Crippen LogP contribution in [0.1, 0.15) is 50.1 Å². The minimum atomic E-state index is -0.00986. The molecule has 140 valence electrons. The van der Waals surface area contributed by atoms with Crippen molar-refractivity contribution in [3.05, 3.63) is 36.0 Å². The molecule has 1 heterocycles. The van der Waals surface area contributed by atoms with Gasteiger partial charge in [-0.05, 0) is 37.0 Å². The molecule has 0 saturated heterocycles. The molecule has 1 aromatic heterocycles. The van der Waals surface area contributed by atoms with Crippen LogP contribution in [-0.2, 0) is 11.2 Å². The smallest absolute Gasteiger partial charge is 0.225 e. The maximum Gasteiger partial charge on any atom is 0.225 e. The number of nitrogens with one attached hydrogen (secondary N) is 1. The number of carbonyl (C=O) groups excluding carboxylic acids is 1. The second-order valence-electron chi connectivity index (χ2n) is 6.72. The maximum atomic E-state index is 12.4. The normalized spacial score (nSPS) is 14.8. The molecule has 6 nitrogen and oxygen atoms in total. The Hall–Kier alpha value is -2.50. The summed E-state index contributed by atoms with van der Waals surface area (Å²) in [5, 5.41) is 7.44. The second-order valence-corrected chi connectivity index (χ2v) is 6.72. The molecule has 1 aliphatic rings. The van der Waals surface area contributed by atoms with Crippen molar-refractivity contribution in [2.45, 2.75) is 51.0 Å². The predicted molar refractivity (Wildman–Crippen MR) is 101 cm³/mol. The average Bonchev–Trinajstić information content (AvgIpc) is 3.14. The van der Waals surface area contributed by atoms with Gasteiger partial charge in [0.2, 0.25) is 5.91 Å². The zero-order valence-electron chi connectivity index (χ0n) is 15.5. The van der Waals surface area contributed by atoms with Crippen LogP contribution in [0.3, 0.4) is 0 Å². The van der Waals surface area contributed by atoms with Gasteiger partial charge in [-0.25, -0.2) is 4.68 Å². The molecule has 0 spiro atoms. The van der Waals surface area contributed by atoms with Crippen molar-refractivity contribution in [2.24, 2.45) is 0 Å². The summed E-state index contributed by atoms with van der Waals surface area (Å²) >= 11 is 0. The topological polar surface area (TPSA) is 65.4 Å². The molecule has 1 aromatic carbocycles. The van der Waals surface area contributed by atoms with Crippen molar-refractivity contribution in [1.29, 1.82) is 0 Å². The third kappa shape index (κ3) is 4.56. The van der Waals surface area contributed by atoms with Gasteiger partial charge in [-0.1, -0.05) is 19.3 Å². The second kappa shape index (κ2) is 8.74. The van der Waals surface area contributed by atoms with Gasteiger partial charge in [0.05, 0.1) is 26.5 Å². The summed E-state index contributed by atoms with van der Waals surface area (Å²) in [6, 6.07) is 7.97. The zero-order valence-corrected chi connectivity index (χ0v) is 15.5. The molecule has 0 unspecified atom stereocenters. The molecule has 0 atom stereocenters. The third-order valence-electron chi connectivity index (χ3n) is 4.91. The standard InChI is InChI=1S/C20H27N3O3/c1-25-17-12-15(13-18(14-17)26-2)8-9-20(24)22-19-10-11-21-23(19)16-6-4-3-5-7-16/h10-14,16H,3-9H2,1-2H3,(H,22,24). The summed E-state index contributed by atoms with van der Waals surface area (Å²) in [5.41, 5.74) is 1.01. The molecular formula is C20H27N3O3. The number of nitrogens with zero attached hydrogens (tertiary/aromatic N) is 2. The van der Waals surface area contributed by atoms with Crippen LogP contribution in [-0.4, -0.2) is 29.9 Å². The fourth-order valence-corrected chi connectivity index (χ4v) is 3.50. The number of amides is 1. The van der Waals surface area contributed by atoms with Gasteiger partial charge < -0.3 is 14.8 Å². The SMILES string of the molecule is COc1cc(CCC(=O)Nc2ccnn2C2CCCCC2)cc(OC)c1. The van der Waals surface area contributed by atoms with E-state index in [4.69, 9.17) is 9.47 Å². The molecule has 3 rings (SSSR count). The lowest BCUT2D eigenvalue weighted by Crippen LogP contribution is -2.20. The number of ether oxygens (including phenoxy) is 2. The summed E-state index contributed by atoms with van der Waals surface area (Å²) in [7, 11) is 3.25. The summed E-state index contributed by atoms with van der Waals surface area (Å²) in [6.07, 6.45) is 8.80. The first-order chi connectivity index (χ1) is 12.7. The number of anilines is 1. The molecule has 2 aromatic rings. The molecule has 0 bridgehead atoms. The molecule has 1 aliphatic carbocycles. The minimum Gasteiger partial charge on any atom is -0.497 e. The molecular weight excluding hydrogens is 330 g/mol. The van der Waals surface area contributed by atoms with Gasteiger partial charge in [0.15, 0.2) is 0 Å². The van der Waals surface area contributed by atoms with Crippen molar-refractivity contribution in [2.75, 3.05) is 19.5 Å². The number of benzene rings is 1. The molecule has 1 saturated carbocycles. The van der Waals surface area contributed by atoms with E-state index in [0.717, 1.165) is 35.7 Å². The van der Waals surface area contributed by atoms with E-state index in [-0.39, 0.29) is 5.91 Å². The quantitative estimate of drug-likeness (QED) is 0.814. The van der Waals surface area contributed by atoms with E-state index in [0.29, 0.717) is 18.9 Å². The molecule has 1 amide bonds. The number of carbonyl (C=O) groups is 1. The number of aryl methyl sites for hydroxylation is 1. The van der Waals surface area contributed by atoms with Crippen molar-refractivity contribution in [1.82, 2.24) is 9.78 Å². The molecule has 1 N–H and O–H groups in total. The zero-order chi connectivity index (χ0) is 18.4. The first-order valence-electron chi connectivity index (χ1n) is 9.25. The summed E-state index contributed by atoms with van der Waals surface area (Å²) in [5.74, 6) is 2.25. The van der Waals surface area contributed by atoms with E-state index >= 15 is 0 Å². The number of methoxy groups -OCH3 is 2. The lowest BCUT2D eigenvalue weighted by atomic mass is 9.96. The van der Waals surface area contributed by atoms with E-state index in [9.17, 15) is 4.79 Å². The fraction of sp³-hybridized carbons (Fsp3) is 0.500. The van der Waals surface area contributed by atoms with Crippen molar-refractivity contribution >= 4 is 11.7 Å². The van der Waals surface area contributed by atoms with Crippen LogP contribution in [0.2, 0.25) is 0 Å². The number of hydrogen-bond acceptors (Lipinski definition) is 4. The van der Waals surface area contributed by atoms with Gasteiger partial charge in [-0.3, -0.25) is 4.79 Å². The Morgan fingerprint density at radius 1 is 1.15 bits per heavy atom. The van der Waals surface area contributed by atoms with E-state index in [1.807, 2.05) is 28.9 Å². The number of aromatic nitrogens is 2. The Morgan fingerprint density at radius 3 is 2.50 bits per heavy atom. The lowest BCUT2D eigenvalue weighted by molar-refractivity contribution is -0.116. The molecule has 1 fully saturated rings. The highest BCUT2D eigenvalue weighted by molar-refractivity contribution is 5.90. The van der Waals surface area contributed by atoms with Gasteiger partial charge in [-0.15, -0.1) is 0 Å². The largest absolute Gasteiger partial charge is 0.497 e. The molecule has 26 heavy (non-hydrogen) atoms. The van der Waals surface area contributed by atoms with Gasteiger partial charge in [0, 0.05) is 18.6 Å². The van der Waals surface area contributed by atoms with Gasteiger partial charge in [0.1, 0.15) is 17.3 Å². The third-order valence-corrected chi connectivity index (χ3v) is 4.91. The Morgan fingerprint density at radius 2 is 1.85 bits per heavy atom. The van der Waals surface area contributed by atoms with Crippen LogP contribution in [0.4, 0.5) is 5.82 Å². The van der Waals surface area contributed by atoms with E-state index < -0.39 is 0 Å². The maximum absolute atomic E-state index is 12.4. The average molecular weight is 357 g/mol. The van der Waals surface area contributed by atoms with Crippen LogP contribution in [0, 0.1) is 0 Å². The predicted octanol–water partition coefficient (Wildman–Crippen LogP) is 3.98. The molecule has 0 aliphatic heterocycles. The van der Waals surface area contributed by atoms with Gasteiger partial charge in [-0.2, -0.15) is 5.10 Å². The van der Waals surface area contributed by atoms with Crippen molar-refractivity contribution in [3.63, 3.8) is 0 Å². The number of hydrogen-bond donors (Lipinski definition) is 1. The molecule has 6 heteroatoms. The highest BCUT2D eigenvalue weighted by Crippen LogP contribution is 2.30. The Balaban J connectivity index is 1.59. The Bertz CT molecular complexity index is 713. The lowest BCUT2D eigenvalue weighted by Gasteiger charge is -2.23. The van der Waals surface area contributed by atoms with Crippen LogP contribution in [0.15, 0.2) is 30.5 Å². The van der Waals surface area contributed by atoms with Crippen LogP contribution in [0.5, 0.6) is 11.5 Å². The van der Waals surface area contributed by atoms with E-state index in [2.05, 4.69) is 10.4 Å². The Labute approximate surface area is 154 Å². The highest BCUT2D eigenvalue weighted by atomic mass is 16.5. The van der Waals surface area contributed by atoms with Crippen LogP contribution >= 0.6 is 0 Å². The van der Waals surface area contributed by atoms with Gasteiger partial charge in [0.25, 0.3) is 0 Å². The number of rotatable bonds is 7. The summed E-state index contributed by atoms with van der Waals surface area (Å²) in [4.78, 5) is 12.4. The van der Waals surface area contributed by atoms with Crippen LogP contribution < -0.4 is 14.8 Å². The van der Waals surface area contributed by atoms with E-state index in [1.165, 1.54) is 19.3 Å². The fourth-order valence-electron chi connectivity index (χ4n) is 3.50. The molecule has 0 radical (unpaired) electrons. The summed E-state index contributed by atoms with van der Waals surface area (Å²) in [6.45, 7) is 0. The monoisotopic (exact) mass is 357 g/mol. The first-order valence-corrected chi connectivity index (χ1v) is 9.25. The minimum absolute atomic E-state index is 0.00986. The van der Waals surface area contributed by atoms with Gasteiger partial charge >= 0.3 is 0 Å². The highest BCUT2D eigenvalue weighted by Gasteiger charge is 2.19. The first kappa shape index (κ1) is 18.3. The Kier molecular flexibility index (Phi) is 6.15. The van der Waals surface area contributed by atoms with Crippen molar-refractivity contribution < 1.29 is 14.3 Å². The summed E-state index contributed by atoms with van der Waals surface area (Å²) < 4.78 is 12.5. The van der Waals surface area contributed by atoms with Crippen molar-refractivity contribution in [3.8, 4) is 11.5 Å². The van der Waals surface area contributed by atoms with E-state index in [1.54, 1.807) is 20.4 Å².